The lowest BCUT2D eigenvalue weighted by Crippen LogP contribution is -2.32. The zero-order chi connectivity index (χ0) is 22.0. The first-order chi connectivity index (χ1) is 15.9. The van der Waals surface area contributed by atoms with Crippen LogP contribution in [-0.4, -0.2) is 24.7 Å². The molecule has 0 amide bonds. The predicted octanol–water partition coefficient (Wildman–Crippen LogP) is 5.42. The van der Waals surface area contributed by atoms with E-state index in [1.165, 1.54) is 21.2 Å². The number of methoxy groups -OCH3 is 1. The molecule has 0 radical (unpaired) electrons. The standard InChI is InChI=1S/C28H29NOP2/c1-30-24-14-23-29(31(25-15-6-2-7-16-25)26-17-8-3-9-18-26)32(27-19-10-4-11-20-27)28-21-12-5-13-22-28/h2-13,15-22H,14,23-24H2,1H3. The molecule has 32 heavy (non-hydrogen) atoms. The van der Waals surface area contributed by atoms with Gasteiger partial charge in [0.05, 0.1) is 0 Å². The molecule has 0 bridgehead atoms. The first-order valence-corrected chi connectivity index (χ1v) is 13.5. The molecule has 0 saturated heterocycles. The Labute approximate surface area is 194 Å². The number of hydrogen-bond donors (Lipinski definition) is 0. The van der Waals surface area contributed by atoms with Crippen LogP contribution in [0.3, 0.4) is 0 Å². The molecular weight excluding hydrogens is 428 g/mol. The Morgan fingerprint density at radius 2 is 0.844 bits per heavy atom. The van der Waals surface area contributed by atoms with E-state index in [2.05, 4.69) is 126 Å². The maximum absolute atomic E-state index is 5.46. The molecule has 0 fully saturated rings. The lowest BCUT2D eigenvalue weighted by molar-refractivity contribution is 0.193. The van der Waals surface area contributed by atoms with Crippen LogP contribution >= 0.6 is 16.1 Å². The number of ether oxygens (including phenoxy) is 1. The fourth-order valence-corrected chi connectivity index (χ4v) is 9.87. The van der Waals surface area contributed by atoms with E-state index in [-0.39, 0.29) is 0 Å². The summed E-state index contributed by atoms with van der Waals surface area (Å²) in [5.41, 5.74) is 0. The van der Waals surface area contributed by atoms with Crippen molar-refractivity contribution in [3.05, 3.63) is 121 Å². The molecule has 0 saturated carbocycles. The maximum Gasteiger partial charge on any atom is 0.0474 e. The molecule has 0 heterocycles. The van der Waals surface area contributed by atoms with Gasteiger partial charge >= 0.3 is 0 Å². The minimum absolute atomic E-state index is 0.711. The van der Waals surface area contributed by atoms with Gasteiger partial charge in [-0.25, -0.2) is 4.44 Å². The van der Waals surface area contributed by atoms with Gasteiger partial charge in [0.2, 0.25) is 0 Å². The summed E-state index contributed by atoms with van der Waals surface area (Å²) in [6, 6.07) is 44.0. The Morgan fingerprint density at radius 1 is 0.531 bits per heavy atom. The first kappa shape index (κ1) is 22.8. The topological polar surface area (TPSA) is 12.5 Å². The van der Waals surface area contributed by atoms with Gasteiger partial charge in [0.25, 0.3) is 0 Å². The van der Waals surface area contributed by atoms with Crippen molar-refractivity contribution in [1.29, 1.82) is 0 Å². The second-order valence-corrected chi connectivity index (χ2v) is 12.0. The van der Waals surface area contributed by atoms with Crippen molar-refractivity contribution >= 4 is 37.4 Å². The third-order valence-corrected chi connectivity index (χ3v) is 10.7. The highest BCUT2D eigenvalue weighted by atomic mass is 31.2. The van der Waals surface area contributed by atoms with E-state index < -0.39 is 16.1 Å². The van der Waals surface area contributed by atoms with Crippen LogP contribution < -0.4 is 21.2 Å². The SMILES string of the molecule is COCCCN(P(c1ccccc1)c1ccccc1)P(c1ccccc1)c1ccccc1. The second-order valence-electron chi connectivity index (χ2n) is 7.41. The molecule has 162 valence electrons. The van der Waals surface area contributed by atoms with Gasteiger partial charge in [-0.15, -0.1) is 0 Å². The van der Waals surface area contributed by atoms with Crippen molar-refractivity contribution in [2.75, 3.05) is 20.3 Å². The van der Waals surface area contributed by atoms with Crippen molar-refractivity contribution in [2.45, 2.75) is 6.42 Å². The lowest BCUT2D eigenvalue weighted by atomic mass is 10.4. The summed E-state index contributed by atoms with van der Waals surface area (Å²) < 4.78 is 8.23. The van der Waals surface area contributed by atoms with Crippen LogP contribution in [0.5, 0.6) is 0 Å². The Balaban J connectivity index is 1.88. The van der Waals surface area contributed by atoms with E-state index in [0.717, 1.165) is 19.6 Å². The molecule has 0 spiro atoms. The first-order valence-electron chi connectivity index (χ1n) is 11.0. The van der Waals surface area contributed by atoms with Crippen molar-refractivity contribution in [2.24, 2.45) is 0 Å². The fourth-order valence-electron chi connectivity index (χ4n) is 3.75. The van der Waals surface area contributed by atoms with Crippen LogP contribution in [0.2, 0.25) is 0 Å². The molecule has 0 N–H and O–H groups in total. The third-order valence-electron chi connectivity index (χ3n) is 5.17. The summed E-state index contributed by atoms with van der Waals surface area (Å²) in [5.74, 6) is 0. The van der Waals surface area contributed by atoms with Crippen LogP contribution in [0, 0.1) is 0 Å². The quantitative estimate of drug-likeness (QED) is 0.233. The highest BCUT2D eigenvalue weighted by molar-refractivity contribution is 7.84. The highest BCUT2D eigenvalue weighted by Crippen LogP contribution is 2.54. The molecule has 0 aromatic heterocycles. The van der Waals surface area contributed by atoms with Gasteiger partial charge in [0, 0.05) is 36.4 Å². The van der Waals surface area contributed by atoms with E-state index in [9.17, 15) is 0 Å². The third kappa shape index (κ3) is 5.71. The molecular formula is C28H29NOP2. The number of benzene rings is 4. The van der Waals surface area contributed by atoms with Gasteiger partial charge in [-0.05, 0) is 27.6 Å². The number of hydrogen-bond acceptors (Lipinski definition) is 2. The largest absolute Gasteiger partial charge is 0.385 e. The van der Waals surface area contributed by atoms with Gasteiger partial charge in [-0.1, -0.05) is 121 Å². The van der Waals surface area contributed by atoms with E-state index in [4.69, 9.17) is 4.74 Å². The monoisotopic (exact) mass is 457 g/mol. The van der Waals surface area contributed by atoms with Crippen LogP contribution in [0.1, 0.15) is 6.42 Å². The Hall–Kier alpha value is -2.34. The summed E-state index contributed by atoms with van der Waals surface area (Å²) in [7, 11) is 0.369. The molecule has 0 unspecified atom stereocenters. The van der Waals surface area contributed by atoms with Crippen LogP contribution in [0.15, 0.2) is 121 Å². The second kappa shape index (κ2) is 12.0. The van der Waals surface area contributed by atoms with Gasteiger partial charge in [0.15, 0.2) is 0 Å². The molecule has 4 aromatic carbocycles. The van der Waals surface area contributed by atoms with Gasteiger partial charge < -0.3 is 4.74 Å². The zero-order valence-electron chi connectivity index (χ0n) is 18.4. The van der Waals surface area contributed by atoms with Gasteiger partial charge in [-0.2, -0.15) is 0 Å². The van der Waals surface area contributed by atoms with Crippen LogP contribution in [0.25, 0.3) is 0 Å². The van der Waals surface area contributed by atoms with E-state index in [1.54, 1.807) is 7.11 Å². The van der Waals surface area contributed by atoms with Crippen molar-refractivity contribution in [3.63, 3.8) is 0 Å². The predicted molar refractivity (Wildman–Crippen MR) is 141 cm³/mol. The van der Waals surface area contributed by atoms with Crippen LogP contribution in [0.4, 0.5) is 0 Å². The molecule has 4 rings (SSSR count). The summed E-state index contributed by atoms with van der Waals surface area (Å²) in [6.07, 6.45) is 0.994. The summed E-state index contributed by atoms with van der Waals surface area (Å²) in [5, 5.41) is 5.52. The van der Waals surface area contributed by atoms with Gasteiger partial charge in [-0.3, -0.25) is 0 Å². The normalized spacial score (nSPS) is 11.4. The fraction of sp³-hybridized carbons (Fsp3) is 0.143. The molecule has 2 nitrogen and oxygen atoms in total. The number of nitrogens with zero attached hydrogens (tertiary/aromatic N) is 1. The summed E-state index contributed by atoms with van der Waals surface area (Å²) in [6.45, 7) is 1.73. The lowest BCUT2D eigenvalue weighted by Gasteiger charge is -2.39. The molecule has 0 aliphatic heterocycles. The molecule has 4 heteroatoms. The average molecular weight is 457 g/mol. The summed E-state index contributed by atoms with van der Waals surface area (Å²) >= 11 is 0. The van der Waals surface area contributed by atoms with Gasteiger partial charge in [0.1, 0.15) is 0 Å². The minimum Gasteiger partial charge on any atom is -0.385 e. The van der Waals surface area contributed by atoms with Crippen molar-refractivity contribution in [1.82, 2.24) is 4.44 Å². The maximum atomic E-state index is 5.46. The minimum atomic E-state index is -0.711. The van der Waals surface area contributed by atoms with Crippen molar-refractivity contribution in [3.8, 4) is 0 Å². The van der Waals surface area contributed by atoms with E-state index in [0.29, 0.717) is 0 Å². The van der Waals surface area contributed by atoms with E-state index >= 15 is 0 Å². The Bertz CT molecular complexity index is 884. The molecule has 0 atom stereocenters. The summed E-state index contributed by atoms with van der Waals surface area (Å²) in [4.78, 5) is 0. The highest BCUT2D eigenvalue weighted by Gasteiger charge is 2.31. The zero-order valence-corrected chi connectivity index (χ0v) is 20.2. The average Bonchev–Trinajstić information content (AvgIpc) is 2.87. The Kier molecular flexibility index (Phi) is 8.60. The molecule has 0 aliphatic rings. The van der Waals surface area contributed by atoms with Crippen LogP contribution in [-0.2, 0) is 4.74 Å². The Morgan fingerprint density at radius 3 is 1.12 bits per heavy atom. The molecule has 0 aliphatic carbocycles. The molecule has 4 aromatic rings. The van der Waals surface area contributed by atoms with E-state index in [1.807, 2.05) is 0 Å². The smallest absolute Gasteiger partial charge is 0.0474 e. The van der Waals surface area contributed by atoms with Crippen molar-refractivity contribution < 1.29 is 4.74 Å². The number of rotatable bonds is 10.